The fourth-order valence-corrected chi connectivity index (χ4v) is 5.32. The molecule has 3 aromatic heterocycles. The van der Waals surface area contributed by atoms with Crippen molar-refractivity contribution in [1.29, 1.82) is 0 Å². The van der Waals surface area contributed by atoms with Crippen LogP contribution in [0.25, 0.3) is 22.8 Å². The number of hydrogen-bond acceptors (Lipinski definition) is 8. The summed E-state index contributed by atoms with van der Waals surface area (Å²) in [5.41, 5.74) is 1.49. The molecule has 0 radical (unpaired) electrons. The van der Waals surface area contributed by atoms with E-state index in [9.17, 15) is 18.0 Å². The Hall–Kier alpha value is -4.55. The van der Waals surface area contributed by atoms with Gasteiger partial charge in [-0.05, 0) is 32.3 Å². The quantitative estimate of drug-likeness (QED) is 0.315. The first-order valence-corrected chi connectivity index (χ1v) is 13.4. The monoisotopic (exact) mass is 578 g/mol. The Balaban J connectivity index is 1.39. The number of rotatable bonds is 6. The van der Waals surface area contributed by atoms with E-state index in [1.807, 2.05) is 30.9 Å². The van der Waals surface area contributed by atoms with Crippen molar-refractivity contribution in [2.75, 3.05) is 24.0 Å². The van der Waals surface area contributed by atoms with Crippen LogP contribution < -0.4 is 14.5 Å². The van der Waals surface area contributed by atoms with Gasteiger partial charge in [0.1, 0.15) is 28.9 Å². The molecule has 1 aliphatic heterocycles. The molecule has 1 amide bonds. The molecular formula is C29H29F3N8O2. The highest BCUT2D eigenvalue weighted by atomic mass is 19.4. The fourth-order valence-electron chi connectivity index (χ4n) is 5.32. The molecule has 1 aromatic carbocycles. The lowest BCUT2D eigenvalue weighted by molar-refractivity contribution is -0.140. The Morgan fingerprint density at radius 2 is 1.76 bits per heavy atom. The van der Waals surface area contributed by atoms with Gasteiger partial charge in [0.15, 0.2) is 17.3 Å². The third-order valence-electron chi connectivity index (χ3n) is 7.81. The topological polar surface area (TPSA) is 102 Å². The number of imidazole rings is 1. The third kappa shape index (κ3) is 4.62. The lowest BCUT2D eigenvalue weighted by Crippen LogP contribution is -2.59. The SMILES string of the molecule is COc1ncnc(C2CC2)c1-c1ncc2c(n1)N(Cc1ccc(-c3nc(C(F)(F)F)cn3C)cc1)C(C)(C)C(=O)N2C. The highest BCUT2D eigenvalue weighted by molar-refractivity contribution is 6.06. The molecule has 0 N–H and O–H groups in total. The highest BCUT2D eigenvalue weighted by Crippen LogP contribution is 2.46. The number of carbonyl (C=O) groups is 1. The van der Waals surface area contributed by atoms with Crippen molar-refractivity contribution in [1.82, 2.24) is 29.5 Å². The average Bonchev–Trinajstić information content (AvgIpc) is 3.74. The van der Waals surface area contributed by atoms with Gasteiger partial charge in [-0.2, -0.15) is 13.2 Å². The van der Waals surface area contributed by atoms with Crippen LogP contribution in [0.1, 0.15) is 49.6 Å². The van der Waals surface area contributed by atoms with Gasteiger partial charge in [-0.3, -0.25) is 4.79 Å². The lowest BCUT2D eigenvalue weighted by Gasteiger charge is -2.46. The molecule has 1 fully saturated rings. The zero-order valence-electron chi connectivity index (χ0n) is 23.8. The molecule has 0 spiro atoms. The van der Waals surface area contributed by atoms with E-state index in [1.165, 1.54) is 17.9 Å². The number of amides is 1. The number of nitrogens with zero attached hydrogens (tertiary/aromatic N) is 8. The minimum absolute atomic E-state index is 0.130. The highest BCUT2D eigenvalue weighted by Gasteiger charge is 2.45. The molecule has 1 aliphatic carbocycles. The van der Waals surface area contributed by atoms with Crippen molar-refractivity contribution in [2.24, 2.45) is 7.05 Å². The minimum atomic E-state index is -4.53. The maximum Gasteiger partial charge on any atom is 0.434 e. The van der Waals surface area contributed by atoms with E-state index < -0.39 is 17.4 Å². The van der Waals surface area contributed by atoms with Gasteiger partial charge in [0.25, 0.3) is 5.91 Å². The molecule has 1 saturated carbocycles. The molecule has 218 valence electrons. The van der Waals surface area contributed by atoms with Crippen LogP contribution in [0.2, 0.25) is 0 Å². The Kier molecular flexibility index (Phi) is 6.43. The lowest BCUT2D eigenvalue weighted by atomic mass is 9.96. The molecule has 0 atom stereocenters. The first-order valence-electron chi connectivity index (χ1n) is 13.4. The second-order valence-electron chi connectivity index (χ2n) is 11.1. The van der Waals surface area contributed by atoms with Crippen molar-refractivity contribution in [3.8, 4) is 28.7 Å². The van der Waals surface area contributed by atoms with Crippen LogP contribution in [0.3, 0.4) is 0 Å². The van der Waals surface area contributed by atoms with E-state index in [-0.39, 0.29) is 17.6 Å². The number of alkyl halides is 3. The number of aromatic nitrogens is 6. The van der Waals surface area contributed by atoms with Gasteiger partial charge in [0.2, 0.25) is 5.88 Å². The maximum atomic E-state index is 13.5. The first kappa shape index (κ1) is 27.6. The summed E-state index contributed by atoms with van der Waals surface area (Å²) in [6.07, 6.45) is 1.58. The third-order valence-corrected chi connectivity index (χ3v) is 7.81. The fraction of sp³-hybridized carbons (Fsp3) is 0.379. The van der Waals surface area contributed by atoms with Crippen LogP contribution in [-0.2, 0) is 24.6 Å². The van der Waals surface area contributed by atoms with Gasteiger partial charge >= 0.3 is 6.18 Å². The van der Waals surface area contributed by atoms with Crippen LogP contribution in [0.4, 0.5) is 24.7 Å². The zero-order chi connectivity index (χ0) is 30.0. The summed E-state index contributed by atoms with van der Waals surface area (Å²) >= 11 is 0. The van der Waals surface area contributed by atoms with Gasteiger partial charge in [-0.15, -0.1) is 0 Å². The van der Waals surface area contributed by atoms with Crippen molar-refractivity contribution < 1.29 is 22.7 Å². The molecule has 42 heavy (non-hydrogen) atoms. The first-order chi connectivity index (χ1) is 19.9. The molecule has 4 aromatic rings. The molecule has 13 heteroatoms. The van der Waals surface area contributed by atoms with E-state index >= 15 is 0 Å². The number of methoxy groups -OCH3 is 1. The molecular weight excluding hydrogens is 549 g/mol. The zero-order valence-corrected chi connectivity index (χ0v) is 23.8. The van der Waals surface area contributed by atoms with Crippen molar-refractivity contribution >= 4 is 17.4 Å². The van der Waals surface area contributed by atoms with Gasteiger partial charge in [0, 0.05) is 38.3 Å². The summed E-state index contributed by atoms with van der Waals surface area (Å²) in [6, 6.07) is 7.08. The van der Waals surface area contributed by atoms with Crippen molar-refractivity contribution in [3.05, 3.63) is 59.9 Å². The number of fused-ring (bicyclic) bond motifs is 1. The second kappa shape index (κ2) is 9.78. The van der Waals surface area contributed by atoms with E-state index in [0.717, 1.165) is 30.3 Å². The standard InChI is InChI=1S/C29H29F3N8O2/c1-28(2)27(41)39(4)19-12-33-23(21-22(17-10-11-17)34-15-35-26(21)42-5)37-25(19)40(28)13-16-6-8-18(9-7-16)24-36-20(14-38(24)3)29(30,31)32/h6-9,12,14-15,17H,10-11,13H2,1-5H3. The smallest absolute Gasteiger partial charge is 0.434 e. The van der Waals surface area contributed by atoms with Gasteiger partial charge in [0.05, 0.1) is 19.0 Å². The van der Waals surface area contributed by atoms with Gasteiger partial charge < -0.3 is 19.1 Å². The number of ether oxygens (including phenoxy) is 1. The van der Waals surface area contributed by atoms with Crippen LogP contribution in [-0.4, -0.2) is 55.1 Å². The number of benzene rings is 1. The molecule has 0 bridgehead atoms. The summed E-state index contributed by atoms with van der Waals surface area (Å²) in [6.45, 7) is 3.97. The Bertz CT molecular complexity index is 1680. The number of aryl methyl sites for hydroxylation is 1. The molecule has 4 heterocycles. The summed E-state index contributed by atoms with van der Waals surface area (Å²) in [4.78, 5) is 39.1. The molecule has 6 rings (SSSR count). The van der Waals surface area contributed by atoms with E-state index in [1.54, 1.807) is 37.4 Å². The summed E-state index contributed by atoms with van der Waals surface area (Å²) in [7, 11) is 4.77. The van der Waals surface area contributed by atoms with Crippen molar-refractivity contribution in [2.45, 2.75) is 50.9 Å². The van der Waals surface area contributed by atoms with Gasteiger partial charge in [-0.1, -0.05) is 24.3 Å². The maximum absolute atomic E-state index is 13.5. The second-order valence-corrected chi connectivity index (χ2v) is 11.1. The van der Waals surface area contributed by atoms with Crippen LogP contribution in [0.5, 0.6) is 5.88 Å². The summed E-state index contributed by atoms with van der Waals surface area (Å²) in [5.74, 6) is 1.71. The number of anilines is 2. The number of likely N-dealkylation sites (N-methyl/N-ethyl adjacent to an activating group) is 1. The van der Waals surface area contributed by atoms with Gasteiger partial charge in [-0.25, -0.2) is 24.9 Å². The predicted molar refractivity (Wildman–Crippen MR) is 149 cm³/mol. The van der Waals surface area contributed by atoms with Crippen LogP contribution >= 0.6 is 0 Å². The normalized spacial score (nSPS) is 16.5. The Morgan fingerprint density at radius 3 is 2.38 bits per heavy atom. The molecule has 2 aliphatic rings. The van der Waals surface area contributed by atoms with Crippen molar-refractivity contribution in [3.63, 3.8) is 0 Å². The largest absolute Gasteiger partial charge is 0.480 e. The molecule has 10 nitrogen and oxygen atoms in total. The van der Waals surface area contributed by atoms with E-state index in [2.05, 4.69) is 19.9 Å². The summed E-state index contributed by atoms with van der Waals surface area (Å²) in [5, 5.41) is 0. The molecule has 0 unspecified atom stereocenters. The average molecular weight is 579 g/mol. The predicted octanol–water partition coefficient (Wildman–Crippen LogP) is 5.00. The van der Waals surface area contributed by atoms with E-state index in [0.29, 0.717) is 40.9 Å². The Morgan fingerprint density at radius 1 is 1.05 bits per heavy atom. The summed E-state index contributed by atoms with van der Waals surface area (Å²) < 4.78 is 46.5. The van der Waals surface area contributed by atoms with Crippen LogP contribution in [0.15, 0.2) is 43.0 Å². The number of halogens is 3. The number of hydrogen-bond donors (Lipinski definition) is 0. The van der Waals surface area contributed by atoms with Crippen LogP contribution in [0, 0.1) is 0 Å². The minimum Gasteiger partial charge on any atom is -0.480 e. The Labute approximate surface area is 240 Å². The van der Waals surface area contributed by atoms with E-state index in [4.69, 9.17) is 9.72 Å². The molecule has 0 saturated heterocycles. The number of carbonyl (C=O) groups excluding carboxylic acids is 1.